The summed E-state index contributed by atoms with van der Waals surface area (Å²) in [5.74, 6) is -0.659. The van der Waals surface area contributed by atoms with E-state index in [-0.39, 0.29) is 18.9 Å². The molecule has 0 radical (unpaired) electrons. The zero-order valence-electron chi connectivity index (χ0n) is 16.8. The number of fused-ring (bicyclic) bond motifs is 1. The van der Waals surface area contributed by atoms with Gasteiger partial charge in [0.05, 0.1) is 0 Å². The van der Waals surface area contributed by atoms with Crippen LogP contribution < -0.4 is 20.1 Å². The number of benzene rings is 2. The number of carbonyl (C=O) groups excluding carboxylic acids is 2. The summed E-state index contributed by atoms with van der Waals surface area (Å²) in [5, 5.41) is 14.5. The lowest BCUT2D eigenvalue weighted by Crippen LogP contribution is -2.44. The van der Waals surface area contributed by atoms with Crippen LogP contribution in [0.1, 0.15) is 22.3 Å². The summed E-state index contributed by atoms with van der Waals surface area (Å²) in [4.78, 5) is 37.1. The highest BCUT2D eigenvalue weighted by molar-refractivity contribution is 7.98. The van der Waals surface area contributed by atoms with Gasteiger partial charge >= 0.3 is 5.97 Å². The van der Waals surface area contributed by atoms with Crippen molar-refractivity contribution in [3.05, 3.63) is 65.4 Å². The number of nitrogens with one attached hydrogen (secondary N) is 2. The minimum absolute atomic E-state index is 0.0804. The van der Waals surface area contributed by atoms with E-state index in [9.17, 15) is 19.5 Å². The van der Waals surface area contributed by atoms with Gasteiger partial charge < -0.3 is 25.2 Å². The zero-order valence-corrected chi connectivity index (χ0v) is 17.6. The Morgan fingerprint density at radius 3 is 2.58 bits per heavy atom. The Morgan fingerprint density at radius 1 is 1.13 bits per heavy atom. The number of ether oxygens (including phenoxy) is 2. The van der Waals surface area contributed by atoms with Gasteiger partial charge in [-0.3, -0.25) is 9.59 Å². The van der Waals surface area contributed by atoms with E-state index in [4.69, 9.17) is 9.47 Å². The molecule has 0 aromatic heterocycles. The largest absolute Gasteiger partial charge is 0.480 e. The van der Waals surface area contributed by atoms with E-state index < -0.39 is 23.8 Å². The molecule has 2 aromatic carbocycles. The lowest BCUT2D eigenvalue weighted by atomic mass is 10.1. The van der Waals surface area contributed by atoms with Crippen molar-refractivity contribution in [3.63, 3.8) is 0 Å². The Kier molecular flexibility index (Phi) is 7.55. The highest BCUT2D eigenvalue weighted by Gasteiger charge is 2.23. The van der Waals surface area contributed by atoms with Gasteiger partial charge in [-0.15, -0.1) is 0 Å². The monoisotopic (exact) mass is 442 g/mol. The van der Waals surface area contributed by atoms with E-state index >= 15 is 0 Å². The van der Waals surface area contributed by atoms with Crippen LogP contribution in [-0.2, 0) is 9.59 Å². The maximum absolute atomic E-state index is 12.9. The molecule has 3 rings (SSSR count). The number of hydrogen-bond donors (Lipinski definition) is 3. The van der Waals surface area contributed by atoms with Crippen LogP contribution in [0, 0.1) is 0 Å². The maximum Gasteiger partial charge on any atom is 0.326 e. The van der Waals surface area contributed by atoms with E-state index in [1.54, 1.807) is 48.5 Å². The third-order valence-electron chi connectivity index (χ3n) is 4.45. The Balaban J connectivity index is 1.86. The fourth-order valence-corrected chi connectivity index (χ4v) is 3.31. The molecule has 0 saturated heterocycles. The van der Waals surface area contributed by atoms with Crippen molar-refractivity contribution in [2.24, 2.45) is 0 Å². The molecule has 9 heteroatoms. The van der Waals surface area contributed by atoms with Gasteiger partial charge in [0.2, 0.25) is 6.79 Å². The molecule has 1 atom stereocenters. The summed E-state index contributed by atoms with van der Waals surface area (Å²) in [7, 11) is 0. The van der Waals surface area contributed by atoms with Crippen molar-refractivity contribution in [3.8, 4) is 11.5 Å². The van der Waals surface area contributed by atoms with Crippen LogP contribution in [0.2, 0.25) is 0 Å². The molecule has 31 heavy (non-hydrogen) atoms. The number of aliphatic carboxylic acids is 1. The highest BCUT2D eigenvalue weighted by atomic mass is 32.2. The van der Waals surface area contributed by atoms with Gasteiger partial charge in [-0.25, -0.2) is 4.79 Å². The number of carboxylic acid groups (broad SMARTS) is 1. The summed E-state index contributed by atoms with van der Waals surface area (Å²) in [5.41, 5.74) is 0.867. The second-order valence-corrected chi connectivity index (χ2v) is 7.62. The number of carboxylic acids is 1. The Labute approximate surface area is 183 Å². The molecule has 2 amide bonds. The summed E-state index contributed by atoms with van der Waals surface area (Å²) in [6, 6.07) is 12.4. The molecule has 1 aliphatic rings. The molecular weight excluding hydrogens is 420 g/mol. The molecule has 162 valence electrons. The second kappa shape index (κ2) is 10.5. The van der Waals surface area contributed by atoms with Gasteiger partial charge in [-0.1, -0.05) is 24.3 Å². The molecule has 2 aromatic rings. The smallest absolute Gasteiger partial charge is 0.326 e. The Hall–Kier alpha value is -3.46. The molecule has 0 fully saturated rings. The summed E-state index contributed by atoms with van der Waals surface area (Å²) in [6.07, 6.45) is 3.57. The molecule has 0 bridgehead atoms. The molecule has 1 aliphatic heterocycles. The molecule has 0 saturated carbocycles. The van der Waals surface area contributed by atoms with Gasteiger partial charge in [-0.2, -0.15) is 11.8 Å². The van der Waals surface area contributed by atoms with Crippen molar-refractivity contribution in [1.82, 2.24) is 10.6 Å². The van der Waals surface area contributed by atoms with E-state index in [0.717, 1.165) is 0 Å². The molecule has 1 heterocycles. The predicted molar refractivity (Wildman–Crippen MR) is 117 cm³/mol. The van der Waals surface area contributed by atoms with Crippen LogP contribution >= 0.6 is 11.8 Å². The first-order valence-corrected chi connectivity index (χ1v) is 10.9. The van der Waals surface area contributed by atoms with E-state index in [0.29, 0.717) is 28.4 Å². The highest BCUT2D eigenvalue weighted by Crippen LogP contribution is 2.33. The first kappa shape index (κ1) is 22.2. The number of hydrogen-bond acceptors (Lipinski definition) is 6. The number of carbonyl (C=O) groups is 3. The van der Waals surface area contributed by atoms with Gasteiger partial charge in [0, 0.05) is 5.56 Å². The van der Waals surface area contributed by atoms with E-state index in [1.165, 1.54) is 17.8 Å². The van der Waals surface area contributed by atoms with E-state index in [1.807, 2.05) is 6.26 Å². The van der Waals surface area contributed by atoms with Gasteiger partial charge in [0.25, 0.3) is 11.8 Å². The molecular formula is C22H22N2O6S. The van der Waals surface area contributed by atoms with Crippen molar-refractivity contribution in [2.75, 3.05) is 18.8 Å². The second-order valence-electron chi connectivity index (χ2n) is 6.64. The number of thioether (sulfide) groups is 1. The summed E-state index contributed by atoms with van der Waals surface area (Å²) >= 11 is 1.48. The van der Waals surface area contributed by atoms with Crippen LogP contribution in [0.3, 0.4) is 0 Å². The third kappa shape index (κ3) is 6.02. The minimum Gasteiger partial charge on any atom is -0.480 e. The topological polar surface area (TPSA) is 114 Å². The van der Waals surface area contributed by atoms with Gasteiger partial charge in [0.15, 0.2) is 11.5 Å². The lowest BCUT2D eigenvalue weighted by Gasteiger charge is -2.16. The van der Waals surface area contributed by atoms with Crippen molar-refractivity contribution in [2.45, 2.75) is 12.5 Å². The number of amides is 2. The third-order valence-corrected chi connectivity index (χ3v) is 5.09. The van der Waals surface area contributed by atoms with Crippen LogP contribution in [0.25, 0.3) is 6.08 Å². The van der Waals surface area contributed by atoms with Crippen LogP contribution in [-0.4, -0.2) is 47.7 Å². The van der Waals surface area contributed by atoms with Gasteiger partial charge in [0.1, 0.15) is 11.7 Å². The first-order chi connectivity index (χ1) is 15.0. The van der Waals surface area contributed by atoms with Crippen molar-refractivity contribution in [1.29, 1.82) is 0 Å². The average Bonchev–Trinajstić information content (AvgIpc) is 3.24. The molecule has 0 aliphatic carbocycles. The van der Waals surface area contributed by atoms with Crippen LogP contribution in [0.15, 0.2) is 54.2 Å². The first-order valence-electron chi connectivity index (χ1n) is 9.48. The SMILES string of the molecule is CSCCC(NC(=O)/C(=C/c1ccc2c(c1)OCO2)NC(=O)c1ccccc1)C(=O)O. The Morgan fingerprint density at radius 2 is 1.87 bits per heavy atom. The normalized spacial score (nSPS) is 13.4. The molecule has 3 N–H and O–H groups in total. The minimum atomic E-state index is -1.14. The zero-order chi connectivity index (χ0) is 22.2. The average molecular weight is 442 g/mol. The van der Waals surface area contributed by atoms with Gasteiger partial charge in [-0.05, 0) is 54.3 Å². The number of rotatable bonds is 9. The molecule has 8 nitrogen and oxygen atoms in total. The van der Waals surface area contributed by atoms with Crippen LogP contribution in [0.5, 0.6) is 11.5 Å². The van der Waals surface area contributed by atoms with Crippen molar-refractivity contribution < 1.29 is 29.0 Å². The Bertz CT molecular complexity index is 993. The van der Waals surface area contributed by atoms with Crippen molar-refractivity contribution >= 4 is 35.6 Å². The lowest BCUT2D eigenvalue weighted by molar-refractivity contribution is -0.141. The predicted octanol–water partition coefficient (Wildman–Crippen LogP) is 2.51. The molecule has 0 spiro atoms. The fraction of sp³-hybridized carbons (Fsp3) is 0.227. The quantitative estimate of drug-likeness (QED) is 0.511. The van der Waals surface area contributed by atoms with Crippen LogP contribution in [0.4, 0.5) is 0 Å². The van der Waals surface area contributed by atoms with E-state index in [2.05, 4.69) is 10.6 Å². The maximum atomic E-state index is 12.9. The molecule has 1 unspecified atom stereocenters. The standard InChI is InChI=1S/C22H22N2O6S/c1-31-10-9-16(22(27)28)23-21(26)17(24-20(25)15-5-3-2-4-6-15)11-14-7-8-18-19(12-14)30-13-29-18/h2-8,11-12,16H,9-10,13H2,1H3,(H,23,26)(H,24,25)(H,27,28)/b17-11-. The summed E-state index contributed by atoms with van der Waals surface area (Å²) < 4.78 is 10.6. The summed E-state index contributed by atoms with van der Waals surface area (Å²) in [6.45, 7) is 0.107. The fourth-order valence-electron chi connectivity index (χ4n) is 2.84.